The molecule has 0 atom stereocenters. The lowest BCUT2D eigenvalue weighted by atomic mass is 10.8. The van der Waals surface area contributed by atoms with Gasteiger partial charge in [-0.05, 0) is 6.92 Å². The van der Waals surface area contributed by atoms with Crippen molar-refractivity contribution >= 4 is 6.08 Å². The Hall–Kier alpha value is -0.700. The van der Waals surface area contributed by atoms with Gasteiger partial charge in [0, 0.05) is 6.54 Å². The quantitative estimate of drug-likeness (QED) is 0.387. The van der Waals surface area contributed by atoms with Gasteiger partial charge in [-0.2, -0.15) is 0 Å². The van der Waals surface area contributed by atoms with E-state index in [4.69, 9.17) is 15.0 Å². The van der Waals surface area contributed by atoms with Crippen LogP contribution < -0.4 is 0 Å². The Kier molecular flexibility index (Phi) is 19.4. The highest BCUT2D eigenvalue weighted by Crippen LogP contribution is 1.52. The normalized spacial score (nSPS) is 6.56. The number of hydrogen-bond donors (Lipinski definition) is 2. The third-order valence-electron chi connectivity index (χ3n) is 0.323. The van der Waals surface area contributed by atoms with Crippen LogP contribution in [0.2, 0.25) is 0 Å². The van der Waals surface area contributed by atoms with Gasteiger partial charge < -0.3 is 10.2 Å². The largest absolute Gasteiger partial charge is 0.394 e. The van der Waals surface area contributed by atoms with E-state index in [9.17, 15) is 0 Å². The summed E-state index contributed by atoms with van der Waals surface area (Å²) in [4.78, 5) is 12.3. The van der Waals surface area contributed by atoms with E-state index in [1.807, 2.05) is 0 Å². The van der Waals surface area contributed by atoms with Crippen LogP contribution in [0.5, 0.6) is 0 Å². The minimum Gasteiger partial charge on any atom is -0.394 e. The molecule has 0 amide bonds. The predicted octanol–water partition coefficient (Wildman–Crippen LogP) is -0.687. The lowest BCUT2D eigenvalue weighted by molar-refractivity contribution is 0.186. The molecule has 0 heterocycles. The fraction of sp³-hybridized carbons (Fsp3) is 0.800. The van der Waals surface area contributed by atoms with E-state index in [0.717, 1.165) is 0 Å². The van der Waals surface area contributed by atoms with Crippen molar-refractivity contribution < 1.29 is 15.0 Å². The van der Waals surface area contributed by atoms with Gasteiger partial charge in [-0.1, -0.05) is 0 Å². The van der Waals surface area contributed by atoms with Crippen molar-refractivity contribution in [2.45, 2.75) is 6.92 Å². The van der Waals surface area contributed by atoms with Crippen molar-refractivity contribution in [3.05, 3.63) is 0 Å². The standard InChI is InChI=1S/C3H5NO.C2H6O2/c1-2-4-3-5;3-1-2-4/h2H2,1H3;3-4H,1-2H2. The highest BCUT2D eigenvalue weighted by molar-refractivity contribution is 5.32. The fourth-order valence-corrected chi connectivity index (χ4v) is 0.0645. The molecule has 0 aromatic heterocycles. The molecule has 0 rings (SSSR count). The van der Waals surface area contributed by atoms with E-state index < -0.39 is 0 Å². The summed E-state index contributed by atoms with van der Waals surface area (Å²) in [6.07, 6.45) is 1.39. The first-order valence-corrected chi connectivity index (χ1v) is 2.58. The van der Waals surface area contributed by atoms with Crippen LogP contribution in [0, 0.1) is 0 Å². The molecule has 0 bridgehead atoms. The first-order valence-electron chi connectivity index (χ1n) is 2.58. The van der Waals surface area contributed by atoms with Gasteiger partial charge in [0.05, 0.1) is 13.2 Å². The van der Waals surface area contributed by atoms with Crippen LogP contribution in [-0.2, 0) is 4.79 Å². The first kappa shape index (κ1) is 11.1. The number of hydrogen-bond acceptors (Lipinski definition) is 4. The number of aliphatic imine (C=N–C) groups is 1. The Labute approximate surface area is 53.9 Å². The van der Waals surface area contributed by atoms with Crippen molar-refractivity contribution in [3.8, 4) is 0 Å². The lowest BCUT2D eigenvalue weighted by Crippen LogP contribution is -1.85. The van der Waals surface area contributed by atoms with Crippen LogP contribution in [-0.4, -0.2) is 36.1 Å². The first-order chi connectivity index (χ1) is 4.33. The second-order valence-corrected chi connectivity index (χ2v) is 1.01. The molecule has 4 nitrogen and oxygen atoms in total. The maximum Gasteiger partial charge on any atom is 0.234 e. The SMILES string of the molecule is CCN=C=O.OCCO. The van der Waals surface area contributed by atoms with Crippen molar-refractivity contribution in [2.75, 3.05) is 19.8 Å². The molecule has 0 spiro atoms. The third kappa shape index (κ3) is 38.8. The Morgan fingerprint density at radius 2 is 1.89 bits per heavy atom. The molecule has 0 aliphatic rings. The molecule has 0 aliphatic carbocycles. The van der Waals surface area contributed by atoms with Gasteiger partial charge in [-0.25, -0.2) is 9.79 Å². The number of aliphatic hydroxyl groups is 2. The topological polar surface area (TPSA) is 69.9 Å². The molecule has 54 valence electrons. The molecular weight excluding hydrogens is 122 g/mol. The summed E-state index contributed by atoms with van der Waals surface area (Å²) >= 11 is 0. The average molecular weight is 133 g/mol. The predicted molar refractivity (Wildman–Crippen MR) is 32.8 cm³/mol. The average Bonchev–Trinajstić information content (AvgIpc) is 1.91. The molecule has 4 heteroatoms. The highest BCUT2D eigenvalue weighted by atomic mass is 16.3. The van der Waals surface area contributed by atoms with Crippen LogP contribution in [0.15, 0.2) is 4.99 Å². The molecule has 0 saturated carbocycles. The van der Waals surface area contributed by atoms with E-state index in [-0.39, 0.29) is 13.2 Å². The van der Waals surface area contributed by atoms with E-state index in [0.29, 0.717) is 6.54 Å². The molecule has 0 aliphatic heterocycles. The zero-order valence-electron chi connectivity index (χ0n) is 5.37. The highest BCUT2D eigenvalue weighted by Gasteiger charge is 1.58. The minimum atomic E-state index is -0.125. The van der Waals surface area contributed by atoms with Gasteiger partial charge in [0.25, 0.3) is 0 Å². The van der Waals surface area contributed by atoms with Gasteiger partial charge in [0.1, 0.15) is 0 Å². The number of rotatable bonds is 2. The van der Waals surface area contributed by atoms with Crippen LogP contribution in [0.25, 0.3) is 0 Å². The van der Waals surface area contributed by atoms with Gasteiger partial charge >= 0.3 is 0 Å². The summed E-state index contributed by atoms with van der Waals surface area (Å²) in [6, 6.07) is 0. The van der Waals surface area contributed by atoms with Crippen LogP contribution in [0.4, 0.5) is 0 Å². The Bertz CT molecular complexity index is 76.3. The molecule has 0 radical (unpaired) electrons. The van der Waals surface area contributed by atoms with Gasteiger partial charge in [0.15, 0.2) is 0 Å². The third-order valence-corrected chi connectivity index (χ3v) is 0.323. The molecule has 0 aromatic rings. The molecule has 0 aromatic carbocycles. The zero-order chi connectivity index (χ0) is 7.54. The maximum absolute atomic E-state index is 9.11. The van der Waals surface area contributed by atoms with E-state index in [2.05, 4.69) is 4.99 Å². The Balaban J connectivity index is 0. The molecule has 0 fully saturated rings. The van der Waals surface area contributed by atoms with E-state index in [1.165, 1.54) is 6.08 Å². The summed E-state index contributed by atoms with van der Waals surface area (Å²) in [5.74, 6) is 0. The van der Waals surface area contributed by atoms with Gasteiger partial charge in [0.2, 0.25) is 6.08 Å². The van der Waals surface area contributed by atoms with Crippen LogP contribution >= 0.6 is 0 Å². The van der Waals surface area contributed by atoms with Crippen molar-refractivity contribution in [2.24, 2.45) is 4.99 Å². The maximum atomic E-state index is 9.11. The Morgan fingerprint density at radius 3 is 1.89 bits per heavy atom. The monoisotopic (exact) mass is 133 g/mol. The summed E-state index contributed by atoms with van der Waals surface area (Å²) in [5, 5.41) is 15.2. The second kappa shape index (κ2) is 15.7. The molecule has 2 N–H and O–H groups in total. The smallest absolute Gasteiger partial charge is 0.234 e. The van der Waals surface area contributed by atoms with Crippen molar-refractivity contribution in [3.63, 3.8) is 0 Å². The van der Waals surface area contributed by atoms with Gasteiger partial charge in [-0.15, -0.1) is 0 Å². The fourth-order valence-electron chi connectivity index (χ4n) is 0.0645. The molecule has 0 saturated heterocycles. The lowest BCUT2D eigenvalue weighted by Gasteiger charge is -1.70. The number of nitrogens with zero attached hydrogens (tertiary/aromatic N) is 1. The van der Waals surface area contributed by atoms with Gasteiger partial charge in [-0.3, -0.25) is 0 Å². The van der Waals surface area contributed by atoms with Crippen LogP contribution in [0.3, 0.4) is 0 Å². The van der Waals surface area contributed by atoms with E-state index in [1.54, 1.807) is 6.92 Å². The van der Waals surface area contributed by atoms with Crippen molar-refractivity contribution in [1.82, 2.24) is 0 Å². The number of aliphatic hydroxyl groups excluding tert-OH is 2. The van der Waals surface area contributed by atoms with E-state index >= 15 is 0 Å². The van der Waals surface area contributed by atoms with Crippen molar-refractivity contribution in [1.29, 1.82) is 0 Å². The number of isocyanates is 1. The van der Waals surface area contributed by atoms with Crippen LogP contribution in [0.1, 0.15) is 6.92 Å². The second-order valence-electron chi connectivity index (χ2n) is 1.01. The molecular formula is C5H11NO3. The summed E-state index contributed by atoms with van der Waals surface area (Å²) in [5.41, 5.74) is 0. The summed E-state index contributed by atoms with van der Waals surface area (Å²) in [6.45, 7) is 2.08. The Morgan fingerprint density at radius 1 is 1.44 bits per heavy atom. The minimum absolute atomic E-state index is 0.125. The summed E-state index contributed by atoms with van der Waals surface area (Å²) < 4.78 is 0. The molecule has 0 unspecified atom stereocenters. The molecule has 9 heavy (non-hydrogen) atoms. The summed E-state index contributed by atoms with van der Waals surface area (Å²) in [7, 11) is 0. The number of carbonyl (C=O) groups excluding carboxylic acids is 1. The zero-order valence-corrected chi connectivity index (χ0v) is 5.37.